The summed E-state index contributed by atoms with van der Waals surface area (Å²) in [6.07, 6.45) is 5.04. The fraction of sp³-hybridized carbons (Fsp3) is 0.400. The molecule has 0 saturated carbocycles. The second-order valence-corrected chi connectivity index (χ2v) is 3.56. The van der Waals surface area contributed by atoms with E-state index < -0.39 is 0 Å². The first kappa shape index (κ1) is 10.7. The molecule has 1 fully saturated rings. The molecule has 1 saturated heterocycles. The van der Waals surface area contributed by atoms with Crippen molar-refractivity contribution >= 4 is 12.2 Å². The quantitative estimate of drug-likeness (QED) is 0.691. The molecule has 0 bridgehead atoms. The van der Waals surface area contributed by atoms with Crippen molar-refractivity contribution in [3.63, 3.8) is 0 Å². The van der Waals surface area contributed by atoms with Crippen molar-refractivity contribution in [3.05, 3.63) is 24.3 Å². The van der Waals surface area contributed by atoms with Gasteiger partial charge in [-0.05, 0) is 12.8 Å². The molecule has 0 aromatic heterocycles. The lowest BCUT2D eigenvalue weighted by atomic mass is 10.3. The minimum absolute atomic E-state index is 0.0284. The molecule has 6 nitrogen and oxygen atoms in total. The maximum atomic E-state index is 5.56. The molecule has 0 aromatic carbocycles. The molecular formula is C10H15N5O. The molecule has 2 aliphatic rings. The topological polar surface area (TPSA) is 89.2 Å². The molecule has 86 valence electrons. The highest BCUT2D eigenvalue weighted by molar-refractivity contribution is 6.09. The summed E-state index contributed by atoms with van der Waals surface area (Å²) in [7, 11) is 0. The third kappa shape index (κ3) is 1.79. The minimum atomic E-state index is -0.0284. The predicted molar refractivity (Wildman–Crippen MR) is 62.3 cm³/mol. The van der Waals surface area contributed by atoms with Crippen LogP contribution in [0.2, 0.25) is 0 Å². The van der Waals surface area contributed by atoms with Crippen LogP contribution in [-0.2, 0) is 4.74 Å². The van der Waals surface area contributed by atoms with Crippen LogP contribution in [0.3, 0.4) is 0 Å². The first-order chi connectivity index (χ1) is 7.74. The van der Waals surface area contributed by atoms with Gasteiger partial charge in [-0.2, -0.15) is 0 Å². The summed E-state index contributed by atoms with van der Waals surface area (Å²) in [6.45, 7) is 4.32. The van der Waals surface area contributed by atoms with Gasteiger partial charge >= 0.3 is 0 Å². The molecule has 4 N–H and O–H groups in total. The number of nitrogens with zero attached hydrogens (tertiary/aromatic N) is 3. The monoisotopic (exact) mass is 221 g/mol. The lowest BCUT2D eigenvalue weighted by molar-refractivity contribution is 0.0549. The Morgan fingerprint density at radius 3 is 3.06 bits per heavy atom. The Kier molecular flexibility index (Phi) is 2.91. The van der Waals surface area contributed by atoms with Gasteiger partial charge < -0.3 is 16.2 Å². The van der Waals surface area contributed by atoms with Crippen LogP contribution in [0, 0.1) is 0 Å². The third-order valence-electron chi connectivity index (χ3n) is 2.47. The molecule has 2 rings (SSSR count). The van der Waals surface area contributed by atoms with Crippen LogP contribution in [0.5, 0.6) is 0 Å². The van der Waals surface area contributed by atoms with E-state index in [0.717, 1.165) is 19.4 Å². The molecule has 1 unspecified atom stereocenters. The molecule has 16 heavy (non-hydrogen) atoms. The van der Waals surface area contributed by atoms with Gasteiger partial charge in [0, 0.05) is 12.8 Å². The van der Waals surface area contributed by atoms with E-state index in [4.69, 9.17) is 16.2 Å². The van der Waals surface area contributed by atoms with Crippen LogP contribution in [0.4, 0.5) is 0 Å². The molecule has 1 atom stereocenters. The average Bonchev–Trinajstić information content (AvgIpc) is 2.84. The van der Waals surface area contributed by atoms with Gasteiger partial charge in [0.05, 0.1) is 6.34 Å². The van der Waals surface area contributed by atoms with Crippen LogP contribution in [0.15, 0.2) is 34.3 Å². The van der Waals surface area contributed by atoms with Crippen LogP contribution in [0.25, 0.3) is 0 Å². The summed E-state index contributed by atoms with van der Waals surface area (Å²) in [4.78, 5) is 10.1. The van der Waals surface area contributed by atoms with Crippen molar-refractivity contribution in [3.8, 4) is 0 Å². The molecular weight excluding hydrogens is 206 g/mol. The van der Waals surface area contributed by atoms with E-state index in [1.54, 1.807) is 6.34 Å². The predicted octanol–water partition coefficient (Wildman–Crippen LogP) is 0.0953. The molecule has 0 aromatic rings. The largest absolute Gasteiger partial charge is 0.384 e. The van der Waals surface area contributed by atoms with Crippen LogP contribution >= 0.6 is 0 Å². The molecule has 0 amide bonds. The molecule has 0 aliphatic carbocycles. The fourth-order valence-corrected chi connectivity index (χ4v) is 1.76. The SMILES string of the molecule is C=C/N=C1\C(=C(N)N)N=CN1C1CCCO1. The second-order valence-electron chi connectivity index (χ2n) is 3.56. The average molecular weight is 221 g/mol. The van der Waals surface area contributed by atoms with Crippen LogP contribution in [0.1, 0.15) is 12.8 Å². The lowest BCUT2D eigenvalue weighted by Crippen LogP contribution is -2.36. The van der Waals surface area contributed by atoms with Crippen LogP contribution in [-0.4, -0.2) is 29.9 Å². The van der Waals surface area contributed by atoms with E-state index in [-0.39, 0.29) is 12.0 Å². The number of amidine groups is 1. The first-order valence-corrected chi connectivity index (χ1v) is 5.12. The summed E-state index contributed by atoms with van der Waals surface area (Å²) < 4.78 is 5.56. The zero-order valence-electron chi connectivity index (χ0n) is 8.97. The molecule has 0 radical (unpaired) electrons. The van der Waals surface area contributed by atoms with E-state index >= 15 is 0 Å². The van der Waals surface area contributed by atoms with Gasteiger partial charge in [0.2, 0.25) is 0 Å². The first-order valence-electron chi connectivity index (χ1n) is 5.12. The van der Waals surface area contributed by atoms with Gasteiger partial charge in [-0.25, -0.2) is 9.98 Å². The summed E-state index contributed by atoms with van der Waals surface area (Å²) in [5.41, 5.74) is 11.6. The Bertz CT molecular complexity index is 375. The van der Waals surface area contributed by atoms with Crippen molar-refractivity contribution in [1.29, 1.82) is 0 Å². The van der Waals surface area contributed by atoms with Gasteiger partial charge in [0.15, 0.2) is 5.84 Å². The lowest BCUT2D eigenvalue weighted by Gasteiger charge is -2.22. The highest BCUT2D eigenvalue weighted by atomic mass is 16.5. The van der Waals surface area contributed by atoms with Gasteiger partial charge in [-0.15, -0.1) is 0 Å². The Labute approximate surface area is 94.0 Å². The maximum Gasteiger partial charge on any atom is 0.165 e. The smallest absolute Gasteiger partial charge is 0.165 e. The normalized spacial score (nSPS) is 26.8. The molecule has 2 aliphatic heterocycles. The zero-order valence-corrected chi connectivity index (χ0v) is 8.97. The van der Waals surface area contributed by atoms with E-state index in [9.17, 15) is 0 Å². The highest BCUT2D eigenvalue weighted by Crippen LogP contribution is 2.22. The standard InChI is InChI=1S/C10H15N5O/c1-2-13-10-8(9(11)12)14-6-15(10)7-4-3-5-16-7/h2,6-7H,1,3-5,11-12H2/b13-10+. The number of rotatable bonds is 2. The van der Waals surface area contributed by atoms with E-state index in [0.29, 0.717) is 11.5 Å². The van der Waals surface area contributed by atoms with Crippen molar-refractivity contribution in [2.24, 2.45) is 21.5 Å². The van der Waals surface area contributed by atoms with Gasteiger partial charge in [-0.3, -0.25) is 4.90 Å². The molecule has 6 heteroatoms. The highest BCUT2D eigenvalue weighted by Gasteiger charge is 2.31. The van der Waals surface area contributed by atoms with Gasteiger partial charge in [0.1, 0.15) is 17.7 Å². The minimum Gasteiger partial charge on any atom is -0.384 e. The maximum absolute atomic E-state index is 5.56. The summed E-state index contributed by atoms with van der Waals surface area (Å²) >= 11 is 0. The number of aliphatic imine (C=N–C) groups is 2. The Balaban J connectivity index is 2.28. The van der Waals surface area contributed by atoms with Crippen molar-refractivity contribution < 1.29 is 4.74 Å². The Hall–Kier alpha value is -1.82. The number of hydrogen-bond acceptors (Lipinski definition) is 5. The van der Waals surface area contributed by atoms with Crippen molar-refractivity contribution in [1.82, 2.24) is 4.90 Å². The van der Waals surface area contributed by atoms with Gasteiger partial charge in [0.25, 0.3) is 0 Å². The molecule has 0 spiro atoms. The van der Waals surface area contributed by atoms with E-state index in [1.807, 2.05) is 4.90 Å². The molecule has 2 heterocycles. The fourth-order valence-electron chi connectivity index (χ4n) is 1.76. The van der Waals surface area contributed by atoms with Crippen LogP contribution < -0.4 is 11.5 Å². The van der Waals surface area contributed by atoms with E-state index in [2.05, 4.69) is 16.6 Å². The Morgan fingerprint density at radius 2 is 2.50 bits per heavy atom. The number of nitrogens with two attached hydrogens (primary N) is 2. The summed E-state index contributed by atoms with van der Waals surface area (Å²) in [5.74, 6) is 0.749. The number of hydrogen-bond donors (Lipinski definition) is 2. The summed E-state index contributed by atoms with van der Waals surface area (Å²) in [5, 5.41) is 0. The van der Waals surface area contributed by atoms with E-state index in [1.165, 1.54) is 6.20 Å². The Morgan fingerprint density at radius 1 is 1.69 bits per heavy atom. The second kappa shape index (κ2) is 4.36. The third-order valence-corrected chi connectivity index (χ3v) is 2.47. The zero-order chi connectivity index (χ0) is 11.5. The number of ether oxygens (including phenoxy) is 1. The van der Waals surface area contributed by atoms with Crippen molar-refractivity contribution in [2.75, 3.05) is 6.61 Å². The van der Waals surface area contributed by atoms with Crippen molar-refractivity contribution in [2.45, 2.75) is 19.1 Å². The summed E-state index contributed by atoms with van der Waals surface area (Å²) in [6, 6.07) is 0. The van der Waals surface area contributed by atoms with Gasteiger partial charge in [-0.1, -0.05) is 6.58 Å².